The van der Waals surface area contributed by atoms with Crippen LogP contribution in [0.25, 0.3) is 0 Å². The van der Waals surface area contributed by atoms with E-state index >= 15 is 0 Å². The Morgan fingerprint density at radius 1 is 1.29 bits per heavy atom. The zero-order chi connectivity index (χ0) is 12.7. The van der Waals surface area contributed by atoms with Crippen LogP contribution in [0.2, 0.25) is 0 Å². The highest BCUT2D eigenvalue weighted by Crippen LogP contribution is 2.28. The summed E-state index contributed by atoms with van der Waals surface area (Å²) in [4.78, 5) is 11.6. The maximum atomic E-state index is 11.6. The van der Waals surface area contributed by atoms with Gasteiger partial charge >= 0.3 is 5.97 Å². The van der Waals surface area contributed by atoms with Crippen LogP contribution in [0.4, 0.5) is 0 Å². The maximum Gasteiger partial charge on any atom is 0.331 e. The van der Waals surface area contributed by atoms with E-state index in [1.807, 2.05) is 32.9 Å². The molecule has 1 heterocycles. The van der Waals surface area contributed by atoms with Crippen molar-refractivity contribution in [2.75, 3.05) is 13.1 Å². The second-order valence-corrected chi connectivity index (χ2v) is 4.93. The van der Waals surface area contributed by atoms with E-state index < -0.39 is 0 Å². The van der Waals surface area contributed by atoms with E-state index in [9.17, 15) is 4.79 Å². The first-order valence-electron chi connectivity index (χ1n) is 6.29. The number of allylic oxidation sites excluding steroid dienone is 3. The van der Waals surface area contributed by atoms with Crippen molar-refractivity contribution >= 4 is 5.97 Å². The monoisotopic (exact) mass is 237 g/mol. The minimum absolute atomic E-state index is 0.258. The van der Waals surface area contributed by atoms with Gasteiger partial charge in [0.2, 0.25) is 0 Å². The number of hydrogen-bond donors (Lipinski definition) is 1. The molecule has 0 bridgehead atoms. The Hall–Kier alpha value is -1.09. The molecule has 96 valence electrons. The third-order valence-corrected chi connectivity index (χ3v) is 3.22. The summed E-state index contributed by atoms with van der Waals surface area (Å²) < 4.78 is 5.54. The summed E-state index contributed by atoms with van der Waals surface area (Å²) in [6, 6.07) is 0. The van der Waals surface area contributed by atoms with Gasteiger partial charge in [-0.3, -0.25) is 0 Å². The molecule has 0 spiro atoms. The minimum atomic E-state index is -0.376. The molecule has 17 heavy (non-hydrogen) atoms. The molecule has 1 fully saturated rings. The molecule has 0 amide bonds. The van der Waals surface area contributed by atoms with Crippen LogP contribution in [0.3, 0.4) is 0 Å². The summed E-state index contributed by atoms with van der Waals surface area (Å²) >= 11 is 0. The third kappa shape index (κ3) is 4.73. The summed E-state index contributed by atoms with van der Waals surface area (Å²) in [5.74, 6) is 0.189. The molecule has 0 aromatic heterocycles. The molecule has 0 aromatic rings. The molecular formula is C14H23NO2. The molecule has 0 radical (unpaired) electrons. The highest BCUT2D eigenvalue weighted by molar-refractivity contribution is 5.82. The second kappa shape index (κ2) is 6.60. The molecule has 1 saturated heterocycles. The predicted molar refractivity (Wildman–Crippen MR) is 69.7 cm³/mol. The lowest BCUT2D eigenvalue weighted by atomic mass is 9.83. The van der Waals surface area contributed by atoms with Crippen molar-refractivity contribution in [2.45, 2.75) is 39.2 Å². The third-order valence-electron chi connectivity index (χ3n) is 3.22. The van der Waals surface area contributed by atoms with E-state index in [1.165, 1.54) is 6.08 Å². The molecule has 1 aliphatic rings. The van der Waals surface area contributed by atoms with Crippen molar-refractivity contribution in [3.8, 4) is 0 Å². The van der Waals surface area contributed by atoms with E-state index in [1.54, 1.807) is 6.08 Å². The Bertz CT molecular complexity index is 299. The first kappa shape index (κ1) is 14.0. The maximum absolute atomic E-state index is 11.6. The molecule has 1 aliphatic heterocycles. The largest absolute Gasteiger partial charge is 0.456 e. The number of hydrogen-bond acceptors (Lipinski definition) is 3. The van der Waals surface area contributed by atoms with E-state index in [0.29, 0.717) is 5.92 Å². The number of nitrogens with one attached hydrogen (secondary N) is 1. The van der Waals surface area contributed by atoms with Crippen LogP contribution in [0.5, 0.6) is 0 Å². The van der Waals surface area contributed by atoms with Crippen LogP contribution in [0.1, 0.15) is 33.6 Å². The fourth-order valence-corrected chi connectivity index (χ4v) is 2.14. The Balaban J connectivity index is 2.49. The molecule has 0 aliphatic carbocycles. The van der Waals surface area contributed by atoms with Crippen molar-refractivity contribution < 1.29 is 9.53 Å². The van der Waals surface area contributed by atoms with E-state index in [0.717, 1.165) is 25.9 Å². The van der Waals surface area contributed by atoms with Gasteiger partial charge in [-0.15, -0.1) is 0 Å². The van der Waals surface area contributed by atoms with Gasteiger partial charge in [-0.05, 0) is 46.7 Å². The van der Waals surface area contributed by atoms with Gasteiger partial charge in [-0.2, -0.15) is 0 Å². The Labute approximate surface area is 104 Å². The van der Waals surface area contributed by atoms with Crippen molar-refractivity contribution in [1.29, 1.82) is 0 Å². The van der Waals surface area contributed by atoms with Crippen LogP contribution in [0, 0.1) is 5.92 Å². The molecule has 3 nitrogen and oxygen atoms in total. The number of carbonyl (C=O) groups is 1. The minimum Gasteiger partial charge on any atom is -0.456 e. The molecular weight excluding hydrogens is 214 g/mol. The summed E-state index contributed by atoms with van der Waals surface area (Å²) in [7, 11) is 0. The van der Waals surface area contributed by atoms with Gasteiger partial charge in [0.05, 0.1) is 0 Å². The molecule has 1 rings (SSSR count). The second-order valence-electron chi connectivity index (χ2n) is 4.93. The molecule has 0 aromatic carbocycles. The SMILES string of the molecule is C/C=C/C=C/C(=O)OC(C)(C)C1CCNCC1. The molecule has 3 heteroatoms. The summed E-state index contributed by atoms with van der Waals surface area (Å²) in [5, 5.41) is 3.32. The van der Waals surface area contributed by atoms with Crippen molar-refractivity contribution in [3.63, 3.8) is 0 Å². The van der Waals surface area contributed by atoms with Crippen molar-refractivity contribution in [3.05, 3.63) is 24.3 Å². The number of rotatable bonds is 4. The van der Waals surface area contributed by atoms with Gasteiger partial charge in [-0.25, -0.2) is 4.79 Å². The van der Waals surface area contributed by atoms with Gasteiger partial charge < -0.3 is 10.1 Å². The van der Waals surface area contributed by atoms with Crippen LogP contribution in [-0.4, -0.2) is 24.7 Å². The molecule has 1 N–H and O–H groups in total. The van der Waals surface area contributed by atoms with Crippen LogP contribution in [0.15, 0.2) is 24.3 Å². The van der Waals surface area contributed by atoms with E-state index in [-0.39, 0.29) is 11.6 Å². The van der Waals surface area contributed by atoms with Gasteiger partial charge in [0.25, 0.3) is 0 Å². The van der Waals surface area contributed by atoms with Gasteiger partial charge in [0, 0.05) is 12.0 Å². The van der Waals surface area contributed by atoms with Gasteiger partial charge in [-0.1, -0.05) is 18.2 Å². The number of carbonyl (C=O) groups excluding carboxylic acids is 1. The van der Waals surface area contributed by atoms with Crippen molar-refractivity contribution in [2.24, 2.45) is 5.92 Å². The topological polar surface area (TPSA) is 38.3 Å². The predicted octanol–water partition coefficient (Wildman–Crippen LogP) is 2.44. The Morgan fingerprint density at radius 2 is 1.94 bits per heavy atom. The fourth-order valence-electron chi connectivity index (χ4n) is 2.14. The van der Waals surface area contributed by atoms with E-state index in [4.69, 9.17) is 4.74 Å². The highest BCUT2D eigenvalue weighted by atomic mass is 16.6. The average Bonchev–Trinajstić information content (AvgIpc) is 2.30. The highest BCUT2D eigenvalue weighted by Gasteiger charge is 2.33. The number of ether oxygens (including phenoxy) is 1. The Morgan fingerprint density at radius 3 is 2.53 bits per heavy atom. The normalized spacial score (nSPS) is 19.0. The summed E-state index contributed by atoms with van der Waals surface area (Å²) in [6.07, 6.45) is 9.02. The number of esters is 1. The smallest absolute Gasteiger partial charge is 0.331 e. The molecule has 0 unspecified atom stereocenters. The fraction of sp³-hybridized carbons (Fsp3) is 0.643. The zero-order valence-corrected chi connectivity index (χ0v) is 11.0. The van der Waals surface area contributed by atoms with E-state index in [2.05, 4.69) is 5.32 Å². The first-order chi connectivity index (χ1) is 8.06. The van der Waals surface area contributed by atoms with Crippen LogP contribution >= 0.6 is 0 Å². The Kier molecular flexibility index (Phi) is 5.42. The molecule has 0 atom stereocenters. The number of piperidine rings is 1. The quantitative estimate of drug-likeness (QED) is 0.463. The van der Waals surface area contributed by atoms with Crippen LogP contribution in [-0.2, 0) is 9.53 Å². The first-order valence-corrected chi connectivity index (χ1v) is 6.29. The summed E-state index contributed by atoms with van der Waals surface area (Å²) in [5.41, 5.74) is -0.376. The lowest BCUT2D eigenvalue weighted by Gasteiger charge is -2.36. The van der Waals surface area contributed by atoms with Crippen molar-refractivity contribution in [1.82, 2.24) is 5.32 Å². The van der Waals surface area contributed by atoms with Crippen LogP contribution < -0.4 is 5.32 Å². The standard InChI is InChI=1S/C14H23NO2/c1-4-5-6-7-13(16)17-14(2,3)12-8-10-15-11-9-12/h4-7,12,15H,8-11H2,1-3H3/b5-4+,7-6+. The zero-order valence-electron chi connectivity index (χ0n) is 11.0. The van der Waals surface area contributed by atoms with Gasteiger partial charge in [0.15, 0.2) is 0 Å². The summed E-state index contributed by atoms with van der Waals surface area (Å²) in [6.45, 7) is 7.95. The van der Waals surface area contributed by atoms with Gasteiger partial charge in [0.1, 0.15) is 5.60 Å². The lowest BCUT2D eigenvalue weighted by molar-refractivity contribution is -0.156. The lowest BCUT2D eigenvalue weighted by Crippen LogP contribution is -2.42. The molecule has 0 saturated carbocycles. The average molecular weight is 237 g/mol.